The van der Waals surface area contributed by atoms with Crippen LogP contribution in [0.15, 0.2) is 72.9 Å². The molecule has 0 aromatic rings. The van der Waals surface area contributed by atoms with E-state index in [0.717, 1.165) is 96.3 Å². The van der Waals surface area contributed by atoms with Gasteiger partial charge in [-0.2, -0.15) is 0 Å². The monoisotopic (exact) mass is 1100 g/mol. The molecular formula is C67H122NO8P. The summed E-state index contributed by atoms with van der Waals surface area (Å²) in [6.07, 6.45) is 81.3. The fourth-order valence-electron chi connectivity index (χ4n) is 9.35. The molecule has 0 amide bonds. The van der Waals surface area contributed by atoms with Gasteiger partial charge in [-0.3, -0.25) is 18.6 Å². The first kappa shape index (κ1) is 74.5. The number of carbonyl (C=O) groups excluding carboxylic acids is 2. The van der Waals surface area contributed by atoms with Gasteiger partial charge in [-0.05, 0) is 64.2 Å². The highest BCUT2D eigenvalue weighted by molar-refractivity contribution is 7.47. The third kappa shape index (κ3) is 62.5. The van der Waals surface area contributed by atoms with Crippen LogP contribution < -0.4 is 5.73 Å². The molecule has 0 spiro atoms. The maximum absolute atomic E-state index is 12.7. The summed E-state index contributed by atoms with van der Waals surface area (Å²) in [5, 5.41) is 0. The van der Waals surface area contributed by atoms with E-state index in [1.54, 1.807) is 0 Å². The average Bonchev–Trinajstić information content (AvgIpc) is 3.42. The van der Waals surface area contributed by atoms with Crippen LogP contribution in [0.4, 0.5) is 0 Å². The van der Waals surface area contributed by atoms with Crippen molar-refractivity contribution in [2.45, 2.75) is 315 Å². The molecule has 0 saturated heterocycles. The number of esters is 2. The molecule has 0 saturated carbocycles. The standard InChI is InChI=1S/C67H122NO8P/c1-3-5-7-9-11-13-15-17-19-21-23-25-27-29-30-31-32-33-34-36-37-39-41-43-45-47-49-51-53-55-57-59-66(69)73-63-65(64-75-77(71,72)74-62-61-68)76-67(70)60-58-56-54-52-50-48-46-44-42-40-38-35-28-26-24-22-20-18-16-14-12-10-8-6-4-2/h6,8,12,14,18,20,24,26,35,38,42,44,65H,3-5,7,9-11,13,15-17,19,21-23,25,27-34,36-37,39-41,43,45-64,68H2,1-2H3,(H,71,72)/b8-6-,14-12-,20-18-,26-24-,38-35-,44-42-. The molecule has 0 rings (SSSR count). The van der Waals surface area contributed by atoms with Gasteiger partial charge in [-0.1, -0.05) is 305 Å². The van der Waals surface area contributed by atoms with Crippen molar-refractivity contribution in [2.75, 3.05) is 26.4 Å². The molecule has 10 heteroatoms. The summed E-state index contributed by atoms with van der Waals surface area (Å²) in [4.78, 5) is 35.3. The maximum atomic E-state index is 12.7. The van der Waals surface area contributed by atoms with Crippen molar-refractivity contribution in [1.82, 2.24) is 0 Å². The minimum Gasteiger partial charge on any atom is -0.462 e. The number of allylic oxidation sites excluding steroid dienone is 12. The predicted octanol–water partition coefficient (Wildman–Crippen LogP) is 20.9. The molecule has 0 bridgehead atoms. The molecule has 2 unspecified atom stereocenters. The van der Waals surface area contributed by atoms with E-state index in [-0.39, 0.29) is 38.6 Å². The van der Waals surface area contributed by atoms with Gasteiger partial charge in [-0.15, -0.1) is 0 Å². The Bertz CT molecular complexity index is 1490. The van der Waals surface area contributed by atoms with E-state index in [0.29, 0.717) is 6.42 Å². The van der Waals surface area contributed by atoms with Gasteiger partial charge in [0.1, 0.15) is 6.61 Å². The number of rotatable bonds is 61. The third-order valence-corrected chi connectivity index (χ3v) is 15.1. The van der Waals surface area contributed by atoms with Gasteiger partial charge in [-0.25, -0.2) is 4.57 Å². The SMILES string of the molecule is CC/C=C\C/C=C\C/C=C\C/C=C\C/C=C\C/C=C\CCCCCCCCC(=O)OC(COC(=O)CCCCCCCCCCCCCCCCCCCCCCCCCCCCCCCCC)COP(=O)(O)OCCN. The smallest absolute Gasteiger partial charge is 0.462 e. The molecule has 9 nitrogen and oxygen atoms in total. The lowest BCUT2D eigenvalue weighted by Crippen LogP contribution is -2.29. The minimum absolute atomic E-state index is 0.0488. The summed E-state index contributed by atoms with van der Waals surface area (Å²) in [6.45, 7) is 3.65. The first-order valence-electron chi connectivity index (χ1n) is 32.4. The number of unbranched alkanes of at least 4 members (excludes halogenated alkanes) is 36. The van der Waals surface area contributed by atoms with Crippen molar-refractivity contribution in [3.05, 3.63) is 72.9 Å². The Balaban J connectivity index is 3.91. The van der Waals surface area contributed by atoms with Crippen LogP contribution in [-0.2, 0) is 32.7 Å². The van der Waals surface area contributed by atoms with Crippen LogP contribution in [0, 0.1) is 0 Å². The second kappa shape index (κ2) is 62.6. The first-order valence-corrected chi connectivity index (χ1v) is 33.9. The minimum atomic E-state index is -4.40. The van der Waals surface area contributed by atoms with Crippen molar-refractivity contribution in [1.29, 1.82) is 0 Å². The van der Waals surface area contributed by atoms with Crippen molar-refractivity contribution >= 4 is 19.8 Å². The van der Waals surface area contributed by atoms with E-state index in [2.05, 4.69) is 86.8 Å². The molecule has 77 heavy (non-hydrogen) atoms. The Morgan fingerprint density at radius 3 is 1.06 bits per heavy atom. The van der Waals surface area contributed by atoms with Crippen LogP contribution in [-0.4, -0.2) is 49.3 Å². The molecule has 0 fully saturated rings. The van der Waals surface area contributed by atoms with Gasteiger partial charge >= 0.3 is 19.8 Å². The molecule has 0 radical (unpaired) electrons. The number of carbonyl (C=O) groups is 2. The van der Waals surface area contributed by atoms with Crippen LogP contribution in [0.2, 0.25) is 0 Å². The van der Waals surface area contributed by atoms with Gasteiger partial charge in [0, 0.05) is 19.4 Å². The van der Waals surface area contributed by atoms with Crippen molar-refractivity contribution in [2.24, 2.45) is 5.73 Å². The highest BCUT2D eigenvalue weighted by Gasteiger charge is 2.26. The second-order valence-electron chi connectivity index (χ2n) is 21.6. The molecule has 0 heterocycles. The number of hydrogen-bond donors (Lipinski definition) is 2. The van der Waals surface area contributed by atoms with E-state index in [1.165, 1.54) is 180 Å². The lowest BCUT2D eigenvalue weighted by atomic mass is 10.0. The van der Waals surface area contributed by atoms with Gasteiger partial charge < -0.3 is 20.1 Å². The molecule has 0 aromatic heterocycles. The van der Waals surface area contributed by atoms with Crippen LogP contribution in [0.25, 0.3) is 0 Å². The van der Waals surface area contributed by atoms with E-state index >= 15 is 0 Å². The van der Waals surface area contributed by atoms with Crippen LogP contribution >= 0.6 is 7.82 Å². The highest BCUT2D eigenvalue weighted by atomic mass is 31.2. The summed E-state index contributed by atoms with van der Waals surface area (Å²) < 4.78 is 33.1. The van der Waals surface area contributed by atoms with Crippen LogP contribution in [0.1, 0.15) is 309 Å². The summed E-state index contributed by atoms with van der Waals surface area (Å²) >= 11 is 0. The zero-order chi connectivity index (χ0) is 55.9. The fraction of sp³-hybridized carbons (Fsp3) is 0.791. The van der Waals surface area contributed by atoms with Gasteiger partial charge in [0.2, 0.25) is 0 Å². The molecular weight excluding hydrogens is 978 g/mol. The van der Waals surface area contributed by atoms with Crippen molar-refractivity contribution in [3.63, 3.8) is 0 Å². The summed E-state index contributed by atoms with van der Waals surface area (Å²) in [6, 6.07) is 0. The average molecular weight is 1100 g/mol. The van der Waals surface area contributed by atoms with Crippen LogP contribution in [0.5, 0.6) is 0 Å². The van der Waals surface area contributed by atoms with Gasteiger partial charge in [0.05, 0.1) is 13.2 Å². The van der Waals surface area contributed by atoms with Crippen LogP contribution in [0.3, 0.4) is 0 Å². The molecule has 3 N–H and O–H groups in total. The van der Waals surface area contributed by atoms with Gasteiger partial charge in [0.15, 0.2) is 6.10 Å². The topological polar surface area (TPSA) is 134 Å². The molecule has 448 valence electrons. The van der Waals surface area contributed by atoms with E-state index in [1.807, 2.05) is 0 Å². The van der Waals surface area contributed by atoms with E-state index in [4.69, 9.17) is 24.3 Å². The number of ether oxygens (including phenoxy) is 2. The lowest BCUT2D eigenvalue weighted by molar-refractivity contribution is -0.161. The third-order valence-electron chi connectivity index (χ3n) is 14.1. The Hall–Kier alpha value is -2.55. The lowest BCUT2D eigenvalue weighted by Gasteiger charge is -2.19. The van der Waals surface area contributed by atoms with Gasteiger partial charge in [0.25, 0.3) is 0 Å². The highest BCUT2D eigenvalue weighted by Crippen LogP contribution is 2.43. The molecule has 0 aliphatic rings. The fourth-order valence-corrected chi connectivity index (χ4v) is 10.1. The van der Waals surface area contributed by atoms with E-state index in [9.17, 15) is 19.0 Å². The zero-order valence-corrected chi connectivity index (χ0v) is 51.1. The number of phosphoric ester groups is 1. The Morgan fingerprint density at radius 2 is 0.714 bits per heavy atom. The normalized spacial score (nSPS) is 13.5. The summed E-state index contributed by atoms with van der Waals surface area (Å²) in [5.41, 5.74) is 5.39. The quantitative estimate of drug-likeness (QED) is 0.0264. The largest absolute Gasteiger partial charge is 0.472 e. The summed E-state index contributed by atoms with van der Waals surface area (Å²) in [7, 11) is -4.40. The molecule has 0 aromatic carbocycles. The Labute approximate surface area is 475 Å². The Kier molecular flexibility index (Phi) is 60.6. The number of nitrogens with two attached hydrogens (primary N) is 1. The van der Waals surface area contributed by atoms with E-state index < -0.39 is 26.5 Å². The summed E-state index contributed by atoms with van der Waals surface area (Å²) in [5.74, 6) is -0.835. The maximum Gasteiger partial charge on any atom is 0.472 e. The molecule has 0 aliphatic carbocycles. The molecule has 2 atom stereocenters. The second-order valence-corrected chi connectivity index (χ2v) is 23.1. The first-order chi connectivity index (χ1) is 37.8. The molecule has 0 aliphatic heterocycles. The van der Waals surface area contributed by atoms with Crippen molar-refractivity contribution < 1.29 is 37.6 Å². The predicted molar refractivity (Wildman–Crippen MR) is 330 cm³/mol. The Morgan fingerprint density at radius 1 is 0.403 bits per heavy atom. The zero-order valence-electron chi connectivity index (χ0n) is 50.2. The van der Waals surface area contributed by atoms with Crippen molar-refractivity contribution in [3.8, 4) is 0 Å². The number of hydrogen-bond acceptors (Lipinski definition) is 8. The number of phosphoric acid groups is 1.